The third-order valence-electron chi connectivity index (χ3n) is 3.14. The van der Waals surface area contributed by atoms with E-state index in [-0.39, 0.29) is 10.6 Å². The van der Waals surface area contributed by atoms with Crippen molar-refractivity contribution in [2.75, 3.05) is 4.72 Å². The molecule has 2 rings (SSSR count). The average Bonchev–Trinajstić information content (AvgIpc) is 2.46. The summed E-state index contributed by atoms with van der Waals surface area (Å²) in [6.07, 6.45) is -4.93. The van der Waals surface area contributed by atoms with Crippen LogP contribution < -0.4 is 4.72 Å². The van der Waals surface area contributed by atoms with Crippen molar-refractivity contribution in [3.8, 4) is 0 Å². The van der Waals surface area contributed by atoms with Gasteiger partial charge in [-0.3, -0.25) is 4.72 Å². The van der Waals surface area contributed by atoms with Gasteiger partial charge in [-0.05, 0) is 37.3 Å². The molecule has 9 heteroatoms. The normalized spacial score (nSPS) is 12.0. The van der Waals surface area contributed by atoms with Crippen LogP contribution in [0.25, 0.3) is 0 Å². The molecule has 24 heavy (non-hydrogen) atoms. The Hall–Kier alpha value is -2.55. The molecule has 0 fully saturated rings. The van der Waals surface area contributed by atoms with Crippen molar-refractivity contribution in [3.05, 3.63) is 59.2 Å². The number of carbonyl (C=O) groups is 1. The Morgan fingerprint density at radius 3 is 2.17 bits per heavy atom. The second kappa shape index (κ2) is 6.16. The molecule has 0 unspecified atom stereocenters. The van der Waals surface area contributed by atoms with Crippen LogP contribution in [-0.2, 0) is 16.2 Å². The molecule has 0 amide bonds. The lowest BCUT2D eigenvalue weighted by molar-refractivity contribution is -0.138. The van der Waals surface area contributed by atoms with Gasteiger partial charge in [0, 0.05) is 5.69 Å². The summed E-state index contributed by atoms with van der Waals surface area (Å²) in [5, 5.41) is 8.82. The number of nitrogens with one attached hydrogen (secondary N) is 1. The average molecular weight is 359 g/mol. The first-order valence-corrected chi connectivity index (χ1v) is 8.03. The quantitative estimate of drug-likeness (QED) is 0.875. The number of rotatable bonds is 4. The molecule has 0 spiro atoms. The van der Waals surface area contributed by atoms with E-state index < -0.39 is 33.3 Å². The molecule has 0 saturated heterocycles. The van der Waals surface area contributed by atoms with Crippen LogP contribution in [0.3, 0.4) is 0 Å². The number of aromatic carboxylic acids is 1. The summed E-state index contributed by atoms with van der Waals surface area (Å²) in [5.74, 6) is -1.75. The summed E-state index contributed by atoms with van der Waals surface area (Å²) < 4.78 is 65.2. The Morgan fingerprint density at radius 2 is 1.67 bits per heavy atom. The van der Waals surface area contributed by atoms with Gasteiger partial charge in [0.05, 0.1) is 16.0 Å². The van der Waals surface area contributed by atoms with E-state index in [4.69, 9.17) is 5.11 Å². The Bertz CT molecular complexity index is 875. The molecule has 0 saturated carbocycles. The van der Waals surface area contributed by atoms with Gasteiger partial charge in [0.1, 0.15) is 0 Å². The van der Waals surface area contributed by atoms with E-state index in [1.165, 1.54) is 12.1 Å². The first kappa shape index (κ1) is 17.8. The van der Waals surface area contributed by atoms with E-state index in [0.717, 1.165) is 11.6 Å². The van der Waals surface area contributed by atoms with Crippen molar-refractivity contribution in [2.45, 2.75) is 18.0 Å². The number of aryl methyl sites for hydroxylation is 1. The van der Waals surface area contributed by atoms with Crippen LogP contribution in [0.4, 0.5) is 18.9 Å². The molecule has 128 valence electrons. The van der Waals surface area contributed by atoms with E-state index in [0.29, 0.717) is 12.1 Å². The van der Waals surface area contributed by atoms with Gasteiger partial charge in [-0.15, -0.1) is 0 Å². The van der Waals surface area contributed by atoms with Gasteiger partial charge in [-0.1, -0.05) is 17.7 Å². The van der Waals surface area contributed by atoms with Gasteiger partial charge in [-0.2, -0.15) is 13.2 Å². The van der Waals surface area contributed by atoms with E-state index in [2.05, 4.69) is 0 Å². The first-order chi connectivity index (χ1) is 11.0. The number of anilines is 1. The number of hydrogen-bond donors (Lipinski definition) is 2. The third-order valence-corrected chi connectivity index (χ3v) is 4.54. The van der Waals surface area contributed by atoms with Crippen LogP contribution in [0.15, 0.2) is 47.4 Å². The molecular weight excluding hydrogens is 347 g/mol. The predicted molar refractivity (Wildman–Crippen MR) is 80.4 cm³/mol. The van der Waals surface area contributed by atoms with Gasteiger partial charge >= 0.3 is 12.1 Å². The van der Waals surface area contributed by atoms with Crippen LogP contribution in [0.2, 0.25) is 0 Å². The van der Waals surface area contributed by atoms with Crippen molar-refractivity contribution in [2.24, 2.45) is 0 Å². The number of sulfonamides is 1. The summed E-state index contributed by atoms with van der Waals surface area (Å²) in [6.45, 7) is 1.75. The van der Waals surface area contributed by atoms with Gasteiger partial charge in [-0.25, -0.2) is 13.2 Å². The minimum Gasteiger partial charge on any atom is -0.478 e. The minimum atomic E-state index is -4.93. The van der Waals surface area contributed by atoms with Gasteiger partial charge in [0.15, 0.2) is 0 Å². The highest BCUT2D eigenvalue weighted by Crippen LogP contribution is 2.34. The zero-order chi connectivity index (χ0) is 18.1. The van der Waals surface area contributed by atoms with Crippen molar-refractivity contribution in [1.29, 1.82) is 0 Å². The molecule has 0 aliphatic rings. The third kappa shape index (κ3) is 3.85. The number of carboxylic acid groups (broad SMARTS) is 1. The summed E-state index contributed by atoms with van der Waals surface area (Å²) in [7, 11) is -4.09. The minimum absolute atomic E-state index is 0.121. The molecule has 2 aromatic carbocycles. The Morgan fingerprint density at radius 1 is 1.08 bits per heavy atom. The Balaban J connectivity index is 2.43. The van der Waals surface area contributed by atoms with E-state index >= 15 is 0 Å². The molecule has 0 aromatic heterocycles. The summed E-state index contributed by atoms with van der Waals surface area (Å²) in [5.41, 5.74) is -1.95. The lowest BCUT2D eigenvalue weighted by atomic mass is 10.1. The topological polar surface area (TPSA) is 83.5 Å². The summed E-state index contributed by atoms with van der Waals surface area (Å²) >= 11 is 0. The maximum absolute atomic E-state index is 12.9. The fourth-order valence-corrected chi connectivity index (χ4v) is 3.01. The molecule has 0 bridgehead atoms. The largest absolute Gasteiger partial charge is 0.478 e. The molecule has 0 atom stereocenters. The maximum atomic E-state index is 12.9. The standard InChI is InChI=1S/C15H12F3NO4S/c1-9-2-5-11(6-3-9)24(22,23)19-10-4-7-12(14(20)21)13(8-10)15(16,17)18/h2-8,19H,1H3,(H,20,21). The Kier molecular flexibility index (Phi) is 4.57. The van der Waals surface area contributed by atoms with Gasteiger partial charge in [0.2, 0.25) is 0 Å². The fraction of sp³-hybridized carbons (Fsp3) is 0.133. The lowest BCUT2D eigenvalue weighted by Gasteiger charge is -2.13. The number of hydrogen-bond acceptors (Lipinski definition) is 3. The van der Waals surface area contributed by atoms with Crippen molar-refractivity contribution >= 4 is 21.7 Å². The lowest BCUT2D eigenvalue weighted by Crippen LogP contribution is -2.16. The fourth-order valence-electron chi connectivity index (χ4n) is 1.96. The monoisotopic (exact) mass is 359 g/mol. The summed E-state index contributed by atoms with van der Waals surface area (Å²) in [4.78, 5) is 10.8. The number of carboxylic acids is 1. The van der Waals surface area contributed by atoms with Crippen LogP contribution in [0.5, 0.6) is 0 Å². The zero-order valence-electron chi connectivity index (χ0n) is 12.3. The van der Waals surface area contributed by atoms with Gasteiger partial charge < -0.3 is 5.11 Å². The van der Waals surface area contributed by atoms with E-state index in [1.807, 2.05) is 4.72 Å². The highest BCUT2D eigenvalue weighted by Gasteiger charge is 2.35. The predicted octanol–water partition coefficient (Wildman–Crippen LogP) is 3.51. The van der Waals surface area contributed by atoms with Crippen molar-refractivity contribution < 1.29 is 31.5 Å². The number of benzene rings is 2. The number of halogens is 3. The van der Waals surface area contributed by atoms with Crippen LogP contribution in [-0.4, -0.2) is 19.5 Å². The number of alkyl halides is 3. The molecule has 2 N–H and O–H groups in total. The Labute approximate surface area is 135 Å². The molecule has 0 aliphatic heterocycles. The molecule has 0 radical (unpaired) electrons. The van der Waals surface area contributed by atoms with Crippen molar-refractivity contribution in [1.82, 2.24) is 0 Å². The van der Waals surface area contributed by atoms with E-state index in [9.17, 15) is 26.4 Å². The highest BCUT2D eigenvalue weighted by molar-refractivity contribution is 7.92. The second-order valence-electron chi connectivity index (χ2n) is 4.98. The van der Waals surface area contributed by atoms with Gasteiger partial charge in [0.25, 0.3) is 10.0 Å². The zero-order valence-corrected chi connectivity index (χ0v) is 13.1. The molecule has 0 heterocycles. The highest BCUT2D eigenvalue weighted by atomic mass is 32.2. The van der Waals surface area contributed by atoms with Crippen LogP contribution in [0, 0.1) is 6.92 Å². The van der Waals surface area contributed by atoms with Crippen molar-refractivity contribution in [3.63, 3.8) is 0 Å². The van der Waals surface area contributed by atoms with E-state index in [1.54, 1.807) is 19.1 Å². The molecular formula is C15H12F3NO4S. The van der Waals surface area contributed by atoms with Crippen LogP contribution in [0.1, 0.15) is 21.5 Å². The smallest absolute Gasteiger partial charge is 0.417 e. The summed E-state index contributed by atoms with van der Waals surface area (Å²) in [6, 6.07) is 7.84. The SMILES string of the molecule is Cc1ccc(S(=O)(=O)Nc2ccc(C(=O)O)c(C(F)(F)F)c2)cc1. The molecule has 5 nitrogen and oxygen atoms in total. The first-order valence-electron chi connectivity index (χ1n) is 6.55. The maximum Gasteiger partial charge on any atom is 0.417 e. The van der Waals surface area contributed by atoms with Crippen LogP contribution >= 0.6 is 0 Å². The molecule has 2 aromatic rings. The molecule has 0 aliphatic carbocycles. The second-order valence-corrected chi connectivity index (χ2v) is 6.66.